The van der Waals surface area contributed by atoms with E-state index in [1.165, 1.54) is 6.20 Å². The van der Waals surface area contributed by atoms with Gasteiger partial charge in [0.1, 0.15) is 11.6 Å². The zero-order chi connectivity index (χ0) is 17.9. The van der Waals surface area contributed by atoms with Gasteiger partial charge >= 0.3 is 0 Å². The Morgan fingerprint density at radius 2 is 2.21 bits per heavy atom. The van der Waals surface area contributed by atoms with E-state index in [4.69, 9.17) is 0 Å². The number of sulfone groups is 1. The maximum atomic E-state index is 12.3. The second kappa shape index (κ2) is 7.53. The topological polar surface area (TPSA) is 90.3 Å². The van der Waals surface area contributed by atoms with Crippen molar-refractivity contribution in [1.82, 2.24) is 4.90 Å². The molecule has 0 spiro atoms. The number of aryl methyl sites for hydroxylation is 1. The molecule has 1 aromatic rings. The number of hydrogen-bond acceptors (Lipinski definition) is 5. The minimum atomic E-state index is -3.02. The number of halogens is 1. The Labute approximate surface area is 155 Å². The van der Waals surface area contributed by atoms with Crippen LogP contribution in [0.15, 0.2) is 30.0 Å². The predicted octanol–water partition coefficient (Wildman–Crippen LogP) is 2.06. The lowest BCUT2D eigenvalue weighted by Gasteiger charge is -2.21. The van der Waals surface area contributed by atoms with E-state index in [-0.39, 0.29) is 23.1 Å². The summed E-state index contributed by atoms with van der Waals surface area (Å²) >= 11 is 2.18. The number of carbonyl (C=O) groups excluding carboxylic acids is 1. The van der Waals surface area contributed by atoms with E-state index in [1.54, 1.807) is 18.0 Å². The fourth-order valence-electron chi connectivity index (χ4n) is 2.50. The maximum absolute atomic E-state index is 12.3. The number of nitrogens with zero attached hydrogens (tertiary/aromatic N) is 2. The smallest absolute Gasteiger partial charge is 0.267 e. The van der Waals surface area contributed by atoms with Crippen molar-refractivity contribution < 1.29 is 13.2 Å². The third kappa shape index (κ3) is 4.70. The van der Waals surface area contributed by atoms with Crippen LogP contribution in [-0.2, 0) is 14.6 Å². The lowest BCUT2D eigenvalue weighted by Crippen LogP contribution is -2.29. The number of carbonyl (C=O) groups is 1. The molecule has 1 fully saturated rings. The number of nitriles is 1. The lowest BCUT2D eigenvalue weighted by molar-refractivity contribution is -0.112. The quantitative estimate of drug-likeness (QED) is 0.423. The molecule has 0 saturated carbocycles. The molecule has 128 valence electrons. The summed E-state index contributed by atoms with van der Waals surface area (Å²) in [7, 11) is -1.33. The Bertz CT molecular complexity index is 827. The monoisotopic (exact) mass is 459 g/mol. The predicted molar refractivity (Wildman–Crippen MR) is 101 cm³/mol. The summed E-state index contributed by atoms with van der Waals surface area (Å²) in [4.78, 5) is 14.0. The summed E-state index contributed by atoms with van der Waals surface area (Å²) in [5.74, 6) is -0.308. The van der Waals surface area contributed by atoms with Crippen molar-refractivity contribution in [3.63, 3.8) is 0 Å². The Morgan fingerprint density at radius 1 is 1.50 bits per heavy atom. The summed E-state index contributed by atoms with van der Waals surface area (Å²) in [6, 6.07) is 7.27. The number of benzene rings is 1. The van der Waals surface area contributed by atoms with Crippen molar-refractivity contribution in [3.05, 3.63) is 39.1 Å². The molecule has 24 heavy (non-hydrogen) atoms. The van der Waals surface area contributed by atoms with E-state index in [0.29, 0.717) is 12.1 Å². The minimum Gasteiger partial charge on any atom is -0.375 e. The third-order valence-electron chi connectivity index (χ3n) is 3.92. The third-order valence-corrected chi connectivity index (χ3v) is 6.34. The van der Waals surface area contributed by atoms with Gasteiger partial charge in [-0.2, -0.15) is 5.26 Å². The number of hydrogen-bond donors (Lipinski definition) is 1. The molecule has 6 nitrogen and oxygen atoms in total. The zero-order valence-electron chi connectivity index (χ0n) is 13.4. The molecule has 1 aliphatic heterocycles. The van der Waals surface area contributed by atoms with Crippen molar-refractivity contribution in [1.29, 1.82) is 5.26 Å². The Balaban J connectivity index is 2.12. The molecule has 1 amide bonds. The second-order valence-electron chi connectivity index (χ2n) is 5.79. The maximum Gasteiger partial charge on any atom is 0.267 e. The minimum absolute atomic E-state index is 0.0521. The van der Waals surface area contributed by atoms with Crippen LogP contribution in [0.4, 0.5) is 5.69 Å². The van der Waals surface area contributed by atoms with Gasteiger partial charge in [0.15, 0.2) is 9.84 Å². The summed E-state index contributed by atoms with van der Waals surface area (Å²) in [5, 5.41) is 12.0. The molecule has 1 atom stereocenters. The van der Waals surface area contributed by atoms with Crippen LogP contribution in [0.3, 0.4) is 0 Å². The Morgan fingerprint density at radius 3 is 2.75 bits per heavy atom. The highest BCUT2D eigenvalue weighted by Crippen LogP contribution is 2.20. The largest absolute Gasteiger partial charge is 0.375 e. The van der Waals surface area contributed by atoms with Gasteiger partial charge in [-0.3, -0.25) is 4.79 Å². The van der Waals surface area contributed by atoms with E-state index in [0.717, 1.165) is 9.13 Å². The summed E-state index contributed by atoms with van der Waals surface area (Å²) in [5.41, 5.74) is 1.50. The number of nitrogens with one attached hydrogen (secondary N) is 1. The van der Waals surface area contributed by atoms with Crippen LogP contribution in [0.2, 0.25) is 0 Å². The van der Waals surface area contributed by atoms with Crippen molar-refractivity contribution in [3.8, 4) is 6.07 Å². The molecule has 0 aliphatic carbocycles. The van der Waals surface area contributed by atoms with Gasteiger partial charge in [0, 0.05) is 28.5 Å². The van der Waals surface area contributed by atoms with Gasteiger partial charge in [-0.25, -0.2) is 8.42 Å². The van der Waals surface area contributed by atoms with Crippen LogP contribution in [0.25, 0.3) is 0 Å². The highest BCUT2D eigenvalue weighted by atomic mass is 127. The fourth-order valence-corrected chi connectivity index (χ4v) is 4.93. The fraction of sp³-hybridized carbons (Fsp3) is 0.375. The average Bonchev–Trinajstić information content (AvgIpc) is 2.87. The molecule has 0 radical (unpaired) electrons. The van der Waals surface area contributed by atoms with Crippen LogP contribution >= 0.6 is 22.6 Å². The van der Waals surface area contributed by atoms with Gasteiger partial charge in [0.25, 0.3) is 5.91 Å². The van der Waals surface area contributed by atoms with Gasteiger partial charge in [0.2, 0.25) is 0 Å². The molecule has 1 N–H and O–H groups in total. The highest BCUT2D eigenvalue weighted by molar-refractivity contribution is 14.1. The summed E-state index contributed by atoms with van der Waals surface area (Å²) < 4.78 is 24.2. The second-order valence-corrected chi connectivity index (χ2v) is 9.26. The molecular weight excluding hydrogens is 441 g/mol. The SMILES string of the molecule is Cc1cc(I)ccc1NC(=O)/C(C#N)=C\N(C)C1CCS(=O)(=O)C1. The Kier molecular flexibility index (Phi) is 5.87. The summed E-state index contributed by atoms with van der Waals surface area (Å²) in [6.45, 7) is 1.88. The number of amides is 1. The van der Waals surface area contributed by atoms with Gasteiger partial charge in [0.05, 0.1) is 11.5 Å². The van der Waals surface area contributed by atoms with Gasteiger partial charge in [-0.15, -0.1) is 0 Å². The van der Waals surface area contributed by atoms with Gasteiger partial charge in [-0.1, -0.05) is 0 Å². The highest BCUT2D eigenvalue weighted by Gasteiger charge is 2.30. The molecule has 2 rings (SSSR count). The van der Waals surface area contributed by atoms with Crippen LogP contribution in [-0.4, -0.2) is 43.8 Å². The number of anilines is 1. The molecule has 1 aliphatic rings. The van der Waals surface area contributed by atoms with E-state index in [2.05, 4.69) is 27.9 Å². The lowest BCUT2D eigenvalue weighted by atomic mass is 10.2. The molecular formula is C16H18IN3O3S. The normalized spacial score (nSPS) is 19.6. The van der Waals surface area contributed by atoms with Crippen LogP contribution in [0, 0.1) is 21.8 Å². The van der Waals surface area contributed by atoms with Crippen molar-refractivity contribution in [2.24, 2.45) is 0 Å². The molecule has 1 unspecified atom stereocenters. The summed E-state index contributed by atoms with van der Waals surface area (Å²) in [6.07, 6.45) is 1.93. The van der Waals surface area contributed by atoms with Crippen molar-refractivity contribution in [2.45, 2.75) is 19.4 Å². The van der Waals surface area contributed by atoms with Crippen LogP contribution in [0.5, 0.6) is 0 Å². The molecule has 1 heterocycles. The van der Waals surface area contributed by atoms with E-state index in [9.17, 15) is 18.5 Å². The van der Waals surface area contributed by atoms with E-state index < -0.39 is 15.7 Å². The molecule has 1 aromatic carbocycles. The first kappa shape index (κ1) is 18.7. The van der Waals surface area contributed by atoms with Crippen LogP contribution in [0.1, 0.15) is 12.0 Å². The standard InChI is InChI=1S/C16H18IN3O3S/c1-11-7-13(17)3-4-15(11)19-16(21)12(8-18)9-20(2)14-5-6-24(22,23)10-14/h3-4,7,9,14H,5-6,10H2,1-2H3,(H,19,21)/b12-9-. The molecule has 1 saturated heterocycles. The average molecular weight is 459 g/mol. The van der Waals surface area contributed by atoms with Gasteiger partial charge < -0.3 is 10.2 Å². The first-order chi connectivity index (χ1) is 11.2. The van der Waals surface area contributed by atoms with E-state index in [1.807, 2.05) is 25.1 Å². The molecule has 8 heteroatoms. The zero-order valence-corrected chi connectivity index (χ0v) is 16.4. The van der Waals surface area contributed by atoms with Crippen LogP contribution < -0.4 is 5.32 Å². The van der Waals surface area contributed by atoms with Gasteiger partial charge in [-0.05, 0) is 59.7 Å². The number of rotatable bonds is 4. The Hall–Kier alpha value is -1.60. The van der Waals surface area contributed by atoms with Crippen molar-refractivity contribution in [2.75, 3.05) is 23.9 Å². The molecule has 0 aromatic heterocycles. The first-order valence-corrected chi connectivity index (χ1v) is 10.2. The van der Waals surface area contributed by atoms with Crippen molar-refractivity contribution >= 4 is 44.0 Å². The molecule has 0 bridgehead atoms. The first-order valence-electron chi connectivity index (χ1n) is 7.33. The van der Waals surface area contributed by atoms with E-state index >= 15 is 0 Å².